The third-order valence-corrected chi connectivity index (χ3v) is 3.93. The summed E-state index contributed by atoms with van der Waals surface area (Å²) in [6.07, 6.45) is -5.25. The first-order chi connectivity index (χ1) is 11.7. The van der Waals surface area contributed by atoms with Crippen molar-refractivity contribution >= 4 is 17.8 Å². The molecule has 2 atom stereocenters. The van der Waals surface area contributed by atoms with Gasteiger partial charge in [0.1, 0.15) is 18.6 Å². The molecule has 0 radical (unpaired) electrons. The summed E-state index contributed by atoms with van der Waals surface area (Å²) in [5, 5.41) is 2.43. The molecular formula is C16H17F3N2O4. The summed E-state index contributed by atoms with van der Waals surface area (Å²) in [6.45, 7) is -0.822. The molecule has 0 aromatic heterocycles. The van der Waals surface area contributed by atoms with E-state index >= 15 is 0 Å². The molecular weight excluding hydrogens is 341 g/mol. The largest absolute Gasteiger partial charge is 0.468 e. The molecule has 1 aromatic rings. The van der Waals surface area contributed by atoms with Crippen molar-refractivity contribution in [2.75, 3.05) is 13.7 Å². The van der Waals surface area contributed by atoms with Crippen molar-refractivity contribution in [1.29, 1.82) is 0 Å². The van der Waals surface area contributed by atoms with Gasteiger partial charge in [0.05, 0.1) is 7.11 Å². The topological polar surface area (TPSA) is 75.7 Å². The Morgan fingerprint density at radius 1 is 1.24 bits per heavy atom. The van der Waals surface area contributed by atoms with Crippen LogP contribution >= 0.6 is 0 Å². The van der Waals surface area contributed by atoms with Crippen LogP contribution in [0.2, 0.25) is 0 Å². The Bertz CT molecular complexity index is 649. The third kappa shape index (κ3) is 4.49. The Balaban J connectivity index is 2.15. The lowest BCUT2D eigenvalue weighted by Gasteiger charge is -2.39. The molecule has 1 N–H and O–H groups in total. The highest BCUT2D eigenvalue weighted by Gasteiger charge is 2.50. The van der Waals surface area contributed by atoms with Gasteiger partial charge in [-0.25, -0.2) is 0 Å². The van der Waals surface area contributed by atoms with E-state index < -0.39 is 49.0 Å². The Hall–Kier alpha value is -2.58. The second-order valence-electron chi connectivity index (χ2n) is 5.57. The van der Waals surface area contributed by atoms with Crippen LogP contribution in [0.4, 0.5) is 13.2 Å². The molecule has 1 aliphatic rings. The molecule has 0 bridgehead atoms. The summed E-state index contributed by atoms with van der Waals surface area (Å²) >= 11 is 0. The number of piperidine rings is 1. The van der Waals surface area contributed by atoms with Gasteiger partial charge >= 0.3 is 12.1 Å². The third-order valence-electron chi connectivity index (χ3n) is 3.93. The minimum atomic E-state index is -4.67. The van der Waals surface area contributed by atoms with E-state index in [1.807, 2.05) is 0 Å². The number of ether oxygens (including phenoxy) is 1. The lowest BCUT2D eigenvalue weighted by Crippen LogP contribution is -2.61. The second-order valence-corrected chi connectivity index (χ2v) is 5.57. The van der Waals surface area contributed by atoms with Crippen LogP contribution in [0.3, 0.4) is 0 Å². The van der Waals surface area contributed by atoms with Crippen LogP contribution in [0, 0.1) is 0 Å². The van der Waals surface area contributed by atoms with Gasteiger partial charge in [0.15, 0.2) is 0 Å². The average Bonchev–Trinajstić information content (AvgIpc) is 2.57. The van der Waals surface area contributed by atoms with Crippen molar-refractivity contribution in [2.24, 2.45) is 0 Å². The second kappa shape index (κ2) is 7.54. The standard InChI is InChI=1S/C16H17F3N2O4/c1-25-13(22)9-21-12(16(17,18)19)8-7-11(15(21)24)20-14(23)10-5-3-2-4-6-10/h2-6,11-12H,7-9H2,1H3,(H,20,23)/t11-,12-/m1/s1. The van der Waals surface area contributed by atoms with Gasteiger partial charge in [-0.15, -0.1) is 0 Å². The van der Waals surface area contributed by atoms with Gasteiger partial charge < -0.3 is 15.0 Å². The van der Waals surface area contributed by atoms with Crippen LogP contribution in [0.1, 0.15) is 23.2 Å². The molecule has 136 valence electrons. The predicted octanol–water partition coefficient (Wildman–Crippen LogP) is 1.51. The molecule has 1 aromatic carbocycles. The number of esters is 1. The number of likely N-dealkylation sites (tertiary alicyclic amines) is 1. The first-order valence-corrected chi connectivity index (χ1v) is 7.54. The van der Waals surface area contributed by atoms with Crippen molar-refractivity contribution in [3.8, 4) is 0 Å². The fraction of sp³-hybridized carbons (Fsp3) is 0.438. The Kier molecular flexibility index (Phi) is 5.66. The van der Waals surface area contributed by atoms with Gasteiger partial charge in [-0.3, -0.25) is 14.4 Å². The molecule has 1 aliphatic heterocycles. The van der Waals surface area contributed by atoms with Crippen LogP contribution in [-0.2, 0) is 14.3 Å². The lowest BCUT2D eigenvalue weighted by molar-refractivity contribution is -0.199. The molecule has 6 nitrogen and oxygen atoms in total. The molecule has 0 aliphatic carbocycles. The zero-order chi connectivity index (χ0) is 18.6. The summed E-state index contributed by atoms with van der Waals surface area (Å²) < 4.78 is 43.8. The summed E-state index contributed by atoms with van der Waals surface area (Å²) in [6, 6.07) is 4.79. The zero-order valence-electron chi connectivity index (χ0n) is 13.4. The van der Waals surface area contributed by atoms with Gasteiger partial charge in [-0.2, -0.15) is 13.2 Å². The first kappa shape index (κ1) is 18.8. The number of hydrogen-bond acceptors (Lipinski definition) is 4. The number of benzene rings is 1. The van der Waals surface area contributed by atoms with Gasteiger partial charge in [-0.05, 0) is 25.0 Å². The maximum atomic E-state index is 13.1. The highest BCUT2D eigenvalue weighted by Crippen LogP contribution is 2.32. The monoisotopic (exact) mass is 358 g/mol. The fourth-order valence-electron chi connectivity index (χ4n) is 2.65. The number of amides is 2. The van der Waals surface area contributed by atoms with Gasteiger partial charge in [0, 0.05) is 5.56 Å². The Labute approximate surface area is 141 Å². The first-order valence-electron chi connectivity index (χ1n) is 7.54. The highest BCUT2D eigenvalue weighted by atomic mass is 19.4. The van der Waals surface area contributed by atoms with E-state index in [1.165, 1.54) is 12.1 Å². The maximum Gasteiger partial charge on any atom is 0.408 e. The number of carbonyl (C=O) groups is 3. The number of hydrogen-bond donors (Lipinski definition) is 1. The fourth-order valence-corrected chi connectivity index (χ4v) is 2.65. The summed E-state index contributed by atoms with van der Waals surface area (Å²) in [4.78, 5) is 36.3. The lowest BCUT2D eigenvalue weighted by atomic mass is 9.96. The normalized spacial score (nSPS) is 21.0. The number of alkyl halides is 3. The van der Waals surface area contributed by atoms with Gasteiger partial charge in [0.25, 0.3) is 5.91 Å². The molecule has 0 unspecified atom stereocenters. The van der Waals surface area contributed by atoms with Crippen molar-refractivity contribution in [3.05, 3.63) is 35.9 Å². The van der Waals surface area contributed by atoms with Crippen LogP contribution in [0.15, 0.2) is 30.3 Å². The van der Waals surface area contributed by atoms with Crippen molar-refractivity contribution in [1.82, 2.24) is 10.2 Å². The Morgan fingerprint density at radius 2 is 1.88 bits per heavy atom. The van der Waals surface area contributed by atoms with Crippen molar-refractivity contribution in [3.63, 3.8) is 0 Å². The summed E-state index contributed by atoms with van der Waals surface area (Å²) in [7, 11) is 1.02. The van der Waals surface area contributed by atoms with Gasteiger partial charge in [0.2, 0.25) is 5.91 Å². The van der Waals surface area contributed by atoms with E-state index in [4.69, 9.17) is 0 Å². The Morgan fingerprint density at radius 3 is 2.44 bits per heavy atom. The van der Waals surface area contributed by atoms with E-state index in [1.54, 1.807) is 18.2 Å². The maximum absolute atomic E-state index is 13.1. The number of halogens is 3. The molecule has 9 heteroatoms. The molecule has 1 fully saturated rings. The highest BCUT2D eigenvalue weighted by molar-refractivity contribution is 5.98. The van der Waals surface area contributed by atoms with Crippen LogP contribution < -0.4 is 5.32 Å². The summed E-state index contributed by atoms with van der Waals surface area (Å²) in [5.41, 5.74) is 0.285. The molecule has 2 rings (SSSR count). The van der Waals surface area contributed by atoms with E-state index in [-0.39, 0.29) is 12.0 Å². The van der Waals surface area contributed by atoms with Gasteiger partial charge in [-0.1, -0.05) is 18.2 Å². The van der Waals surface area contributed by atoms with E-state index in [0.29, 0.717) is 4.90 Å². The van der Waals surface area contributed by atoms with Crippen molar-refractivity contribution in [2.45, 2.75) is 31.1 Å². The molecule has 2 amide bonds. The number of methoxy groups -OCH3 is 1. The molecule has 0 spiro atoms. The van der Waals surface area contributed by atoms with Crippen molar-refractivity contribution < 1.29 is 32.3 Å². The van der Waals surface area contributed by atoms with Crippen LogP contribution in [0.25, 0.3) is 0 Å². The molecule has 25 heavy (non-hydrogen) atoms. The molecule has 1 heterocycles. The quantitative estimate of drug-likeness (QED) is 0.828. The number of nitrogens with zero attached hydrogens (tertiary/aromatic N) is 1. The van der Waals surface area contributed by atoms with Crippen LogP contribution in [0.5, 0.6) is 0 Å². The smallest absolute Gasteiger partial charge is 0.408 e. The van der Waals surface area contributed by atoms with Crippen LogP contribution in [-0.4, -0.2) is 54.6 Å². The molecule has 0 saturated carbocycles. The predicted molar refractivity (Wildman–Crippen MR) is 80.5 cm³/mol. The van der Waals surface area contributed by atoms with E-state index in [9.17, 15) is 27.6 Å². The number of nitrogens with one attached hydrogen (secondary N) is 1. The zero-order valence-corrected chi connectivity index (χ0v) is 13.4. The SMILES string of the molecule is COC(=O)CN1C(=O)[C@H](NC(=O)c2ccccc2)CC[C@@H]1C(F)(F)F. The van der Waals surface area contributed by atoms with E-state index in [2.05, 4.69) is 10.1 Å². The minimum Gasteiger partial charge on any atom is -0.468 e. The number of rotatable bonds is 4. The molecule has 1 saturated heterocycles. The minimum absolute atomic E-state index is 0.167. The summed E-state index contributed by atoms with van der Waals surface area (Å²) in [5.74, 6) is -2.48. The number of carbonyl (C=O) groups excluding carboxylic acids is 3. The average molecular weight is 358 g/mol. The van der Waals surface area contributed by atoms with E-state index in [0.717, 1.165) is 7.11 Å².